The lowest BCUT2D eigenvalue weighted by atomic mass is 10.0. The Balaban J connectivity index is 2.19. The van der Waals surface area contributed by atoms with Crippen molar-refractivity contribution < 1.29 is 9.90 Å². The van der Waals surface area contributed by atoms with Crippen molar-refractivity contribution in [2.45, 2.75) is 26.8 Å². The van der Waals surface area contributed by atoms with Crippen molar-refractivity contribution in [1.82, 2.24) is 20.5 Å². The number of fused-ring (bicyclic) bond motifs is 1. The van der Waals surface area contributed by atoms with E-state index in [-0.39, 0.29) is 24.5 Å². The summed E-state index contributed by atoms with van der Waals surface area (Å²) in [6.45, 7) is 5.68. The summed E-state index contributed by atoms with van der Waals surface area (Å²) >= 11 is 0. The molecule has 6 heteroatoms. The van der Waals surface area contributed by atoms with E-state index in [4.69, 9.17) is 5.11 Å². The van der Waals surface area contributed by atoms with Crippen LogP contribution in [0.3, 0.4) is 0 Å². The lowest BCUT2D eigenvalue weighted by Gasteiger charge is -2.19. The molecule has 2 atom stereocenters. The number of nitrogens with zero attached hydrogens (tertiary/aromatic N) is 2. The molecule has 0 saturated heterocycles. The van der Waals surface area contributed by atoms with Crippen LogP contribution in [0, 0.1) is 12.8 Å². The number of hydrogen-bond donors (Lipinski definition) is 3. The number of aryl methyl sites for hydroxylation is 1. The van der Waals surface area contributed by atoms with Gasteiger partial charge in [-0.25, -0.2) is 4.98 Å². The van der Waals surface area contributed by atoms with Crippen LogP contribution in [-0.2, 0) is 0 Å². The Hall–Kier alpha value is -1.95. The Labute approximate surface area is 111 Å². The fourth-order valence-electron chi connectivity index (χ4n) is 1.73. The van der Waals surface area contributed by atoms with Crippen LogP contribution in [0.1, 0.15) is 29.9 Å². The van der Waals surface area contributed by atoms with Gasteiger partial charge in [0.2, 0.25) is 0 Å². The number of nitrogens with one attached hydrogen (secondary N) is 2. The Bertz CT molecular complexity index is 593. The number of aliphatic hydroxyl groups excluding tert-OH is 1. The molecule has 2 aromatic rings. The van der Waals surface area contributed by atoms with E-state index in [1.165, 1.54) is 6.20 Å². The van der Waals surface area contributed by atoms with Gasteiger partial charge in [-0.1, -0.05) is 6.92 Å². The number of amides is 1. The van der Waals surface area contributed by atoms with Crippen LogP contribution in [0.15, 0.2) is 12.3 Å². The van der Waals surface area contributed by atoms with Crippen LogP contribution in [-0.4, -0.2) is 38.8 Å². The second-order valence-electron chi connectivity index (χ2n) is 4.87. The molecule has 1 amide bonds. The molecule has 2 aromatic heterocycles. The second kappa shape index (κ2) is 5.36. The van der Waals surface area contributed by atoms with Crippen molar-refractivity contribution in [1.29, 1.82) is 0 Å². The minimum absolute atomic E-state index is 0.0105. The maximum absolute atomic E-state index is 12.1. The van der Waals surface area contributed by atoms with E-state index < -0.39 is 0 Å². The van der Waals surface area contributed by atoms with Crippen LogP contribution in [0.2, 0.25) is 0 Å². The van der Waals surface area contributed by atoms with Gasteiger partial charge in [-0.15, -0.1) is 0 Å². The zero-order chi connectivity index (χ0) is 14.0. The number of aromatic nitrogens is 3. The number of carbonyl (C=O) groups excluding carboxylic acids is 1. The zero-order valence-corrected chi connectivity index (χ0v) is 11.3. The SMILES string of the molecule is Cc1[nH]nc2ncc(C(=O)NC(C)C(C)CO)cc12. The van der Waals surface area contributed by atoms with Gasteiger partial charge < -0.3 is 10.4 Å². The van der Waals surface area contributed by atoms with Gasteiger partial charge in [-0.2, -0.15) is 5.10 Å². The summed E-state index contributed by atoms with van der Waals surface area (Å²) < 4.78 is 0. The number of aliphatic hydroxyl groups is 1. The van der Waals surface area contributed by atoms with Crippen LogP contribution >= 0.6 is 0 Å². The van der Waals surface area contributed by atoms with Gasteiger partial charge in [0.05, 0.1) is 5.56 Å². The first kappa shape index (κ1) is 13.5. The van der Waals surface area contributed by atoms with Gasteiger partial charge in [0.15, 0.2) is 5.65 Å². The third-order valence-electron chi connectivity index (χ3n) is 3.36. The highest BCUT2D eigenvalue weighted by Gasteiger charge is 2.16. The molecule has 0 fully saturated rings. The predicted molar refractivity (Wildman–Crippen MR) is 71.8 cm³/mol. The molecule has 19 heavy (non-hydrogen) atoms. The molecule has 102 valence electrons. The summed E-state index contributed by atoms with van der Waals surface area (Å²) in [6.07, 6.45) is 1.51. The minimum atomic E-state index is -0.192. The first-order valence-corrected chi connectivity index (χ1v) is 6.25. The fraction of sp³-hybridized carbons (Fsp3) is 0.462. The average molecular weight is 262 g/mol. The van der Waals surface area contributed by atoms with Gasteiger partial charge in [-0.05, 0) is 25.8 Å². The molecule has 0 aliphatic heterocycles. The maximum Gasteiger partial charge on any atom is 0.253 e. The molecule has 0 radical (unpaired) electrons. The Kier molecular flexibility index (Phi) is 3.80. The van der Waals surface area contributed by atoms with Crippen LogP contribution in [0.25, 0.3) is 11.0 Å². The van der Waals surface area contributed by atoms with Gasteiger partial charge in [0.25, 0.3) is 5.91 Å². The molecule has 0 spiro atoms. The number of H-pyrrole nitrogens is 1. The van der Waals surface area contributed by atoms with Gasteiger partial charge in [-0.3, -0.25) is 9.89 Å². The molecule has 2 unspecified atom stereocenters. The highest BCUT2D eigenvalue weighted by molar-refractivity contribution is 5.97. The lowest BCUT2D eigenvalue weighted by molar-refractivity contribution is 0.0916. The smallest absolute Gasteiger partial charge is 0.253 e. The molecule has 0 aliphatic rings. The maximum atomic E-state index is 12.1. The van der Waals surface area contributed by atoms with Gasteiger partial charge in [0.1, 0.15) is 0 Å². The first-order chi connectivity index (χ1) is 9.02. The van der Waals surface area contributed by atoms with Crippen LogP contribution < -0.4 is 5.32 Å². The third kappa shape index (κ3) is 2.73. The highest BCUT2D eigenvalue weighted by Crippen LogP contribution is 2.14. The first-order valence-electron chi connectivity index (χ1n) is 6.25. The van der Waals surface area contributed by atoms with Crippen molar-refractivity contribution in [2.24, 2.45) is 5.92 Å². The molecule has 0 aliphatic carbocycles. The number of pyridine rings is 1. The normalized spacial score (nSPS) is 14.3. The molecule has 2 rings (SSSR count). The number of hydrogen-bond acceptors (Lipinski definition) is 4. The molecular formula is C13H18N4O2. The number of carbonyl (C=O) groups is 1. The van der Waals surface area contributed by atoms with Gasteiger partial charge in [0, 0.05) is 29.9 Å². The quantitative estimate of drug-likeness (QED) is 0.767. The third-order valence-corrected chi connectivity index (χ3v) is 3.36. The summed E-state index contributed by atoms with van der Waals surface area (Å²) in [5.41, 5.74) is 1.98. The highest BCUT2D eigenvalue weighted by atomic mass is 16.3. The molecule has 0 bridgehead atoms. The second-order valence-corrected chi connectivity index (χ2v) is 4.87. The number of aromatic amines is 1. The van der Waals surface area contributed by atoms with Crippen LogP contribution in [0.5, 0.6) is 0 Å². The summed E-state index contributed by atoms with van der Waals surface area (Å²) in [5.74, 6) is -0.181. The molecule has 0 saturated carbocycles. The summed E-state index contributed by atoms with van der Waals surface area (Å²) in [7, 11) is 0. The zero-order valence-electron chi connectivity index (χ0n) is 11.3. The van der Waals surface area contributed by atoms with E-state index in [2.05, 4.69) is 20.5 Å². The predicted octanol–water partition coefficient (Wildman–Crippen LogP) is 1.01. The summed E-state index contributed by atoms with van der Waals surface area (Å²) in [6, 6.07) is 1.67. The molecular weight excluding hydrogens is 244 g/mol. The summed E-state index contributed by atoms with van der Waals surface area (Å²) in [5, 5.41) is 19.6. The number of rotatable bonds is 4. The lowest BCUT2D eigenvalue weighted by Crippen LogP contribution is -2.38. The van der Waals surface area contributed by atoms with Crippen molar-refractivity contribution in [3.63, 3.8) is 0 Å². The molecule has 2 heterocycles. The summed E-state index contributed by atoms with van der Waals surface area (Å²) in [4.78, 5) is 16.2. The van der Waals surface area contributed by atoms with Crippen molar-refractivity contribution in [2.75, 3.05) is 6.61 Å². The van der Waals surface area contributed by atoms with E-state index >= 15 is 0 Å². The largest absolute Gasteiger partial charge is 0.396 e. The fourth-order valence-corrected chi connectivity index (χ4v) is 1.73. The van der Waals surface area contributed by atoms with E-state index in [1.807, 2.05) is 20.8 Å². The van der Waals surface area contributed by atoms with E-state index in [0.29, 0.717) is 11.2 Å². The van der Waals surface area contributed by atoms with E-state index in [0.717, 1.165) is 11.1 Å². The average Bonchev–Trinajstić information content (AvgIpc) is 2.78. The molecule has 6 nitrogen and oxygen atoms in total. The van der Waals surface area contributed by atoms with Gasteiger partial charge >= 0.3 is 0 Å². The minimum Gasteiger partial charge on any atom is -0.396 e. The molecule has 0 aromatic carbocycles. The van der Waals surface area contributed by atoms with Crippen molar-refractivity contribution in [3.05, 3.63) is 23.5 Å². The van der Waals surface area contributed by atoms with E-state index in [1.54, 1.807) is 6.07 Å². The van der Waals surface area contributed by atoms with Crippen molar-refractivity contribution >= 4 is 16.9 Å². The Morgan fingerprint density at radius 1 is 1.53 bits per heavy atom. The molecule has 3 N–H and O–H groups in total. The Morgan fingerprint density at radius 3 is 2.95 bits per heavy atom. The van der Waals surface area contributed by atoms with Crippen molar-refractivity contribution in [3.8, 4) is 0 Å². The van der Waals surface area contributed by atoms with E-state index in [9.17, 15) is 4.79 Å². The topological polar surface area (TPSA) is 90.9 Å². The standard InChI is InChI=1S/C13H18N4O2/c1-7(6-18)8(2)15-13(19)10-4-11-9(3)16-17-12(11)14-5-10/h4-5,7-8,18H,6H2,1-3H3,(H,15,19)(H,14,16,17). The van der Waals surface area contributed by atoms with Crippen LogP contribution in [0.4, 0.5) is 0 Å². The monoisotopic (exact) mass is 262 g/mol. The Morgan fingerprint density at radius 2 is 2.26 bits per heavy atom.